The second kappa shape index (κ2) is 5.73. The van der Waals surface area contributed by atoms with Crippen LogP contribution in [0.3, 0.4) is 0 Å². The van der Waals surface area contributed by atoms with Gasteiger partial charge in [-0.05, 0) is 56.4 Å². The Morgan fingerprint density at radius 3 is 2.47 bits per heavy atom. The second-order valence-electron chi connectivity index (χ2n) is 6.85. The van der Waals surface area contributed by atoms with Gasteiger partial charge in [-0.3, -0.25) is 0 Å². The third kappa shape index (κ3) is 3.47. The summed E-state index contributed by atoms with van der Waals surface area (Å²) in [7, 11) is 0. The molecule has 98 valence electrons. The molecule has 3 fully saturated rings. The van der Waals surface area contributed by atoms with E-state index in [2.05, 4.69) is 5.32 Å². The lowest BCUT2D eigenvalue weighted by atomic mass is 9.69. The van der Waals surface area contributed by atoms with E-state index in [1.165, 1.54) is 70.8 Å². The summed E-state index contributed by atoms with van der Waals surface area (Å²) in [5.41, 5.74) is 0. The Kier molecular flexibility index (Phi) is 4.05. The Balaban J connectivity index is 1.33. The molecular weight excluding hydrogens is 206 g/mol. The Hall–Kier alpha value is -0.0400. The van der Waals surface area contributed by atoms with Gasteiger partial charge in [0.2, 0.25) is 0 Å². The zero-order valence-corrected chi connectivity index (χ0v) is 11.3. The maximum absolute atomic E-state index is 3.84. The molecular formula is C16H29N. The molecule has 17 heavy (non-hydrogen) atoms. The summed E-state index contributed by atoms with van der Waals surface area (Å²) in [5.74, 6) is 3.30. The minimum Gasteiger partial charge on any atom is -0.314 e. The van der Waals surface area contributed by atoms with E-state index in [1.54, 1.807) is 6.42 Å². The summed E-state index contributed by atoms with van der Waals surface area (Å²) >= 11 is 0. The van der Waals surface area contributed by atoms with Crippen molar-refractivity contribution in [1.82, 2.24) is 5.32 Å². The minimum absolute atomic E-state index is 0.869. The maximum atomic E-state index is 3.84. The predicted molar refractivity (Wildman–Crippen MR) is 73.0 cm³/mol. The summed E-state index contributed by atoms with van der Waals surface area (Å²) in [6.07, 6.45) is 16.5. The van der Waals surface area contributed by atoms with Crippen LogP contribution >= 0.6 is 0 Å². The highest BCUT2D eigenvalue weighted by atomic mass is 14.9. The molecule has 0 amide bonds. The van der Waals surface area contributed by atoms with Gasteiger partial charge in [-0.1, -0.05) is 38.5 Å². The molecule has 0 aromatic heterocycles. The van der Waals surface area contributed by atoms with Crippen molar-refractivity contribution in [1.29, 1.82) is 0 Å². The first-order valence-corrected chi connectivity index (χ1v) is 8.15. The molecule has 3 aliphatic carbocycles. The fraction of sp³-hybridized carbons (Fsp3) is 1.00. The van der Waals surface area contributed by atoms with Crippen molar-refractivity contribution in [3.63, 3.8) is 0 Å². The molecule has 0 heterocycles. The third-order valence-corrected chi connectivity index (χ3v) is 5.46. The smallest absolute Gasteiger partial charge is 0.00699 e. The second-order valence-corrected chi connectivity index (χ2v) is 6.85. The van der Waals surface area contributed by atoms with Crippen LogP contribution in [0.15, 0.2) is 0 Å². The number of hydrogen-bond donors (Lipinski definition) is 1. The van der Waals surface area contributed by atoms with Crippen molar-refractivity contribution in [2.24, 2.45) is 17.8 Å². The average Bonchev–Trinajstić information content (AvgIpc) is 3.18. The van der Waals surface area contributed by atoms with Crippen LogP contribution in [0.1, 0.15) is 70.6 Å². The molecule has 0 bridgehead atoms. The van der Waals surface area contributed by atoms with Crippen molar-refractivity contribution in [3.05, 3.63) is 0 Å². The van der Waals surface area contributed by atoms with Crippen molar-refractivity contribution in [2.45, 2.75) is 76.7 Å². The van der Waals surface area contributed by atoms with E-state index in [-0.39, 0.29) is 0 Å². The molecule has 0 spiro atoms. The number of hydrogen-bond acceptors (Lipinski definition) is 1. The van der Waals surface area contributed by atoms with Crippen LogP contribution in [0.2, 0.25) is 0 Å². The molecule has 0 aromatic rings. The lowest BCUT2D eigenvalue weighted by molar-refractivity contribution is 0.143. The van der Waals surface area contributed by atoms with Gasteiger partial charge < -0.3 is 5.32 Å². The number of nitrogens with one attached hydrogen (secondary N) is 1. The first-order chi connectivity index (χ1) is 8.42. The van der Waals surface area contributed by atoms with Gasteiger partial charge >= 0.3 is 0 Å². The van der Waals surface area contributed by atoms with E-state index in [9.17, 15) is 0 Å². The van der Waals surface area contributed by atoms with Crippen LogP contribution in [0.4, 0.5) is 0 Å². The lowest BCUT2D eigenvalue weighted by Gasteiger charge is -2.39. The topological polar surface area (TPSA) is 12.0 Å². The monoisotopic (exact) mass is 235 g/mol. The lowest BCUT2D eigenvalue weighted by Crippen LogP contribution is -2.39. The SMILES string of the molecule is C(CNC1CCC2CCCCC2C1)CC1CC1. The first-order valence-electron chi connectivity index (χ1n) is 8.15. The molecule has 1 nitrogen and oxygen atoms in total. The summed E-state index contributed by atoms with van der Waals surface area (Å²) in [6.45, 7) is 1.29. The minimum atomic E-state index is 0.869. The Morgan fingerprint density at radius 1 is 0.824 bits per heavy atom. The Bertz CT molecular complexity index is 234. The molecule has 0 radical (unpaired) electrons. The van der Waals surface area contributed by atoms with Crippen molar-refractivity contribution >= 4 is 0 Å². The molecule has 3 unspecified atom stereocenters. The molecule has 0 aromatic carbocycles. The molecule has 0 saturated heterocycles. The fourth-order valence-electron chi connectivity index (χ4n) is 4.16. The van der Waals surface area contributed by atoms with Gasteiger partial charge in [0.1, 0.15) is 0 Å². The summed E-state index contributed by atoms with van der Waals surface area (Å²) in [5, 5.41) is 3.84. The van der Waals surface area contributed by atoms with Gasteiger partial charge in [-0.2, -0.15) is 0 Å². The Labute approximate surface area is 107 Å². The molecule has 3 rings (SSSR count). The van der Waals surface area contributed by atoms with Crippen molar-refractivity contribution < 1.29 is 0 Å². The van der Waals surface area contributed by atoms with Gasteiger partial charge in [-0.15, -0.1) is 0 Å². The van der Waals surface area contributed by atoms with Crippen molar-refractivity contribution in [2.75, 3.05) is 6.54 Å². The van der Waals surface area contributed by atoms with E-state index in [0.717, 1.165) is 23.8 Å². The van der Waals surface area contributed by atoms with Crippen LogP contribution in [0, 0.1) is 17.8 Å². The number of rotatable bonds is 5. The van der Waals surface area contributed by atoms with Gasteiger partial charge in [0.05, 0.1) is 0 Å². The van der Waals surface area contributed by atoms with Gasteiger partial charge in [0.25, 0.3) is 0 Å². The molecule has 3 aliphatic rings. The highest BCUT2D eigenvalue weighted by Crippen LogP contribution is 2.40. The molecule has 1 heteroatoms. The average molecular weight is 235 g/mol. The standard InChI is InChI=1S/C16H29N/c1-2-6-15-12-16(10-9-14(15)5-1)17-11-3-4-13-7-8-13/h13-17H,1-12H2. The number of fused-ring (bicyclic) bond motifs is 1. The van der Waals surface area contributed by atoms with Crippen LogP contribution in [0.25, 0.3) is 0 Å². The van der Waals surface area contributed by atoms with E-state index in [4.69, 9.17) is 0 Å². The van der Waals surface area contributed by atoms with Crippen LogP contribution in [0.5, 0.6) is 0 Å². The van der Waals surface area contributed by atoms with E-state index in [1.807, 2.05) is 0 Å². The van der Waals surface area contributed by atoms with Gasteiger partial charge in [-0.25, -0.2) is 0 Å². The molecule has 3 atom stereocenters. The van der Waals surface area contributed by atoms with Crippen molar-refractivity contribution in [3.8, 4) is 0 Å². The van der Waals surface area contributed by atoms with E-state index >= 15 is 0 Å². The Morgan fingerprint density at radius 2 is 1.65 bits per heavy atom. The maximum Gasteiger partial charge on any atom is 0.00699 e. The summed E-state index contributed by atoms with van der Waals surface area (Å²) in [4.78, 5) is 0. The highest BCUT2D eigenvalue weighted by molar-refractivity contribution is 4.86. The largest absolute Gasteiger partial charge is 0.314 e. The normalized spacial score (nSPS) is 37.8. The predicted octanol–water partition coefficient (Wildman–Crippen LogP) is 4.13. The fourth-order valence-corrected chi connectivity index (χ4v) is 4.16. The molecule has 3 saturated carbocycles. The molecule has 0 aliphatic heterocycles. The van der Waals surface area contributed by atoms with Gasteiger partial charge in [0.15, 0.2) is 0 Å². The first kappa shape index (κ1) is 12.0. The van der Waals surface area contributed by atoms with Crippen LogP contribution in [-0.4, -0.2) is 12.6 Å². The van der Waals surface area contributed by atoms with Crippen LogP contribution in [-0.2, 0) is 0 Å². The third-order valence-electron chi connectivity index (χ3n) is 5.46. The van der Waals surface area contributed by atoms with Crippen LogP contribution < -0.4 is 5.32 Å². The highest BCUT2D eigenvalue weighted by Gasteiger charge is 2.31. The quantitative estimate of drug-likeness (QED) is 0.707. The summed E-state index contributed by atoms with van der Waals surface area (Å²) < 4.78 is 0. The molecule has 1 N–H and O–H groups in total. The zero-order chi connectivity index (χ0) is 11.5. The van der Waals surface area contributed by atoms with E-state index < -0.39 is 0 Å². The van der Waals surface area contributed by atoms with E-state index in [0.29, 0.717) is 0 Å². The summed E-state index contributed by atoms with van der Waals surface area (Å²) in [6, 6.07) is 0.869. The zero-order valence-electron chi connectivity index (χ0n) is 11.3. The van der Waals surface area contributed by atoms with Gasteiger partial charge in [0, 0.05) is 6.04 Å².